The van der Waals surface area contributed by atoms with Gasteiger partial charge in [0.25, 0.3) is 0 Å². The first-order valence-corrected chi connectivity index (χ1v) is 7.25. The normalized spacial score (nSPS) is 15.8. The number of benzene rings is 1. The fourth-order valence-electron chi connectivity index (χ4n) is 2.67. The van der Waals surface area contributed by atoms with Crippen molar-refractivity contribution in [3.8, 4) is 0 Å². The summed E-state index contributed by atoms with van der Waals surface area (Å²) in [6.45, 7) is 6.88. The summed E-state index contributed by atoms with van der Waals surface area (Å²) in [4.78, 5) is 6.59. The van der Waals surface area contributed by atoms with E-state index in [1.165, 1.54) is 18.9 Å². The quantitative estimate of drug-likeness (QED) is 0.474. The lowest BCUT2D eigenvalue weighted by molar-refractivity contribution is 0.444. The number of likely N-dealkylation sites (tertiary alicyclic amines) is 1. The second kappa shape index (κ2) is 7.96. The highest BCUT2D eigenvalue weighted by Crippen LogP contribution is 2.25. The average molecular weight is 405 g/mol. The lowest BCUT2D eigenvalue weighted by atomic mass is 9.84. The van der Waals surface area contributed by atoms with Crippen molar-refractivity contribution in [3.63, 3.8) is 0 Å². The molecule has 1 fully saturated rings. The minimum atomic E-state index is -0.277. The Kier molecular flexibility index (Phi) is 6.90. The summed E-state index contributed by atoms with van der Waals surface area (Å²) in [5, 5.41) is 3.39. The highest BCUT2D eigenvalue weighted by Gasteiger charge is 2.25. The SMILES string of the molecule is CN=C(NCC(C)(C)c1ccccc1F)N1CCCC1.I. The van der Waals surface area contributed by atoms with Crippen LogP contribution < -0.4 is 5.32 Å². The van der Waals surface area contributed by atoms with E-state index >= 15 is 0 Å². The molecule has 1 aromatic rings. The first-order chi connectivity index (χ1) is 9.54. The van der Waals surface area contributed by atoms with Crippen LogP contribution in [0.2, 0.25) is 0 Å². The van der Waals surface area contributed by atoms with Gasteiger partial charge in [-0.25, -0.2) is 4.39 Å². The largest absolute Gasteiger partial charge is 0.355 e. The van der Waals surface area contributed by atoms with E-state index in [-0.39, 0.29) is 35.2 Å². The Bertz CT molecular complexity index is 482. The molecule has 0 bridgehead atoms. The summed E-state index contributed by atoms with van der Waals surface area (Å²) < 4.78 is 13.9. The van der Waals surface area contributed by atoms with Crippen molar-refractivity contribution in [2.75, 3.05) is 26.7 Å². The molecule has 0 atom stereocenters. The molecule has 0 spiro atoms. The number of hydrogen-bond acceptors (Lipinski definition) is 1. The second-order valence-electron chi connectivity index (χ2n) is 5.96. The van der Waals surface area contributed by atoms with Crippen LogP contribution in [0.15, 0.2) is 29.3 Å². The van der Waals surface area contributed by atoms with Crippen molar-refractivity contribution >= 4 is 29.9 Å². The van der Waals surface area contributed by atoms with E-state index in [9.17, 15) is 4.39 Å². The van der Waals surface area contributed by atoms with E-state index in [4.69, 9.17) is 0 Å². The molecule has 0 unspecified atom stereocenters. The minimum Gasteiger partial charge on any atom is -0.355 e. The molecule has 0 amide bonds. The van der Waals surface area contributed by atoms with Gasteiger partial charge >= 0.3 is 0 Å². The standard InChI is InChI=1S/C16H24FN3.HI/c1-16(2,13-8-4-5-9-14(13)17)12-19-15(18-3)20-10-6-7-11-20;/h4-5,8-9H,6-7,10-12H2,1-3H3,(H,18,19);1H. The van der Waals surface area contributed by atoms with Gasteiger partial charge in [0, 0.05) is 32.1 Å². The maximum absolute atomic E-state index is 13.9. The molecular formula is C16H25FIN3. The van der Waals surface area contributed by atoms with Gasteiger partial charge in [0.05, 0.1) is 0 Å². The third kappa shape index (κ3) is 4.56. The van der Waals surface area contributed by atoms with Crippen LogP contribution in [0.25, 0.3) is 0 Å². The molecule has 5 heteroatoms. The fourth-order valence-corrected chi connectivity index (χ4v) is 2.67. The van der Waals surface area contributed by atoms with Crippen LogP contribution in [0, 0.1) is 5.82 Å². The van der Waals surface area contributed by atoms with Gasteiger partial charge in [-0.2, -0.15) is 0 Å². The van der Waals surface area contributed by atoms with Crippen LogP contribution in [0.4, 0.5) is 4.39 Å². The monoisotopic (exact) mass is 405 g/mol. The third-order valence-electron chi connectivity index (χ3n) is 3.91. The van der Waals surface area contributed by atoms with Gasteiger partial charge in [-0.05, 0) is 24.5 Å². The van der Waals surface area contributed by atoms with E-state index in [1.54, 1.807) is 13.1 Å². The molecule has 21 heavy (non-hydrogen) atoms. The van der Waals surface area contributed by atoms with E-state index in [0.29, 0.717) is 6.54 Å². The maximum Gasteiger partial charge on any atom is 0.193 e. The number of nitrogens with zero attached hydrogens (tertiary/aromatic N) is 2. The predicted molar refractivity (Wildman–Crippen MR) is 97.0 cm³/mol. The van der Waals surface area contributed by atoms with Gasteiger partial charge in [-0.3, -0.25) is 4.99 Å². The molecule has 0 radical (unpaired) electrons. The first kappa shape index (κ1) is 18.2. The molecule has 0 aliphatic carbocycles. The Balaban J connectivity index is 0.00000220. The van der Waals surface area contributed by atoms with Crippen LogP contribution in [0.3, 0.4) is 0 Å². The summed E-state index contributed by atoms with van der Waals surface area (Å²) in [5.41, 5.74) is 0.463. The third-order valence-corrected chi connectivity index (χ3v) is 3.91. The first-order valence-electron chi connectivity index (χ1n) is 7.25. The zero-order valence-electron chi connectivity index (χ0n) is 13.0. The fraction of sp³-hybridized carbons (Fsp3) is 0.562. The van der Waals surface area contributed by atoms with Crippen molar-refractivity contribution in [2.24, 2.45) is 4.99 Å². The summed E-state index contributed by atoms with van der Waals surface area (Å²) >= 11 is 0. The Morgan fingerprint density at radius 2 is 1.90 bits per heavy atom. The van der Waals surface area contributed by atoms with Gasteiger partial charge in [0.2, 0.25) is 0 Å². The zero-order valence-corrected chi connectivity index (χ0v) is 15.4. The van der Waals surface area contributed by atoms with Crippen molar-refractivity contribution < 1.29 is 4.39 Å². The molecule has 0 aromatic heterocycles. The molecule has 1 saturated heterocycles. The molecule has 1 heterocycles. The number of guanidine groups is 1. The molecule has 118 valence electrons. The van der Waals surface area contributed by atoms with Gasteiger partial charge in [0.1, 0.15) is 5.82 Å². The summed E-state index contributed by atoms with van der Waals surface area (Å²) in [5.74, 6) is 0.780. The van der Waals surface area contributed by atoms with Crippen molar-refractivity contribution in [1.82, 2.24) is 10.2 Å². The summed E-state index contributed by atoms with van der Waals surface area (Å²) in [7, 11) is 1.80. The van der Waals surface area contributed by atoms with E-state index in [1.807, 2.05) is 12.1 Å². The van der Waals surface area contributed by atoms with E-state index in [0.717, 1.165) is 24.6 Å². The lowest BCUT2D eigenvalue weighted by Gasteiger charge is -2.29. The molecule has 0 saturated carbocycles. The predicted octanol–water partition coefficient (Wildman–Crippen LogP) is 3.39. The highest BCUT2D eigenvalue weighted by molar-refractivity contribution is 14.0. The number of rotatable bonds is 3. The molecule has 2 rings (SSSR count). The summed E-state index contributed by atoms with van der Waals surface area (Å²) in [6.07, 6.45) is 2.44. The van der Waals surface area contributed by atoms with Crippen LogP contribution >= 0.6 is 24.0 Å². The Morgan fingerprint density at radius 3 is 2.48 bits per heavy atom. The highest BCUT2D eigenvalue weighted by atomic mass is 127. The van der Waals surface area contributed by atoms with Gasteiger partial charge < -0.3 is 10.2 Å². The number of aliphatic imine (C=N–C) groups is 1. The minimum absolute atomic E-state index is 0. The topological polar surface area (TPSA) is 27.6 Å². The second-order valence-corrected chi connectivity index (χ2v) is 5.96. The molecule has 1 aromatic carbocycles. The zero-order chi connectivity index (χ0) is 14.6. The average Bonchev–Trinajstić information content (AvgIpc) is 2.94. The van der Waals surface area contributed by atoms with Crippen molar-refractivity contribution in [2.45, 2.75) is 32.1 Å². The number of nitrogens with one attached hydrogen (secondary N) is 1. The van der Waals surface area contributed by atoms with Crippen molar-refractivity contribution in [3.05, 3.63) is 35.6 Å². The van der Waals surface area contributed by atoms with E-state index < -0.39 is 0 Å². The van der Waals surface area contributed by atoms with Crippen LogP contribution in [0.1, 0.15) is 32.3 Å². The molecule has 1 N–H and O–H groups in total. The Morgan fingerprint density at radius 1 is 1.29 bits per heavy atom. The number of halogens is 2. The smallest absolute Gasteiger partial charge is 0.193 e. The lowest BCUT2D eigenvalue weighted by Crippen LogP contribution is -2.44. The molecule has 3 nitrogen and oxygen atoms in total. The van der Waals surface area contributed by atoms with Gasteiger partial charge in [-0.15, -0.1) is 24.0 Å². The Hall–Kier alpha value is -0.850. The van der Waals surface area contributed by atoms with Crippen LogP contribution in [-0.2, 0) is 5.41 Å². The number of hydrogen-bond donors (Lipinski definition) is 1. The summed E-state index contributed by atoms with van der Waals surface area (Å²) in [6, 6.07) is 6.99. The van der Waals surface area contributed by atoms with Gasteiger partial charge in [0.15, 0.2) is 5.96 Å². The Labute approximate surface area is 144 Å². The molecular weight excluding hydrogens is 380 g/mol. The van der Waals surface area contributed by atoms with E-state index in [2.05, 4.69) is 29.1 Å². The molecule has 1 aliphatic rings. The van der Waals surface area contributed by atoms with Gasteiger partial charge in [-0.1, -0.05) is 32.0 Å². The van der Waals surface area contributed by atoms with Crippen LogP contribution in [0.5, 0.6) is 0 Å². The molecule has 1 aliphatic heterocycles. The maximum atomic E-state index is 13.9. The van der Waals surface area contributed by atoms with Crippen molar-refractivity contribution in [1.29, 1.82) is 0 Å². The van der Waals surface area contributed by atoms with Crippen LogP contribution in [-0.4, -0.2) is 37.5 Å².